The Morgan fingerprint density at radius 1 is 1.31 bits per heavy atom. The van der Waals surface area contributed by atoms with Crippen LogP contribution in [0.2, 0.25) is 0 Å². The molecule has 1 nitrogen and oxygen atoms in total. The molecule has 72 valence electrons. The van der Waals surface area contributed by atoms with Gasteiger partial charge in [-0.05, 0) is 44.0 Å². The van der Waals surface area contributed by atoms with Crippen LogP contribution in [-0.4, -0.2) is 13.6 Å². The van der Waals surface area contributed by atoms with Gasteiger partial charge in [-0.15, -0.1) is 0 Å². The van der Waals surface area contributed by atoms with E-state index >= 15 is 0 Å². The highest BCUT2D eigenvalue weighted by atomic mass is 14.8. The molecule has 0 aliphatic rings. The zero-order valence-corrected chi connectivity index (χ0v) is 8.80. The summed E-state index contributed by atoms with van der Waals surface area (Å²) in [5.74, 6) is 0.661. The largest absolute Gasteiger partial charge is 0.320 e. The van der Waals surface area contributed by atoms with Crippen LogP contribution in [0.25, 0.3) is 0 Å². The molecule has 0 saturated heterocycles. The molecule has 0 radical (unpaired) electrons. The van der Waals surface area contributed by atoms with Crippen molar-refractivity contribution >= 4 is 0 Å². The summed E-state index contributed by atoms with van der Waals surface area (Å²) < 4.78 is 0. The van der Waals surface area contributed by atoms with Gasteiger partial charge in [-0.3, -0.25) is 0 Å². The van der Waals surface area contributed by atoms with E-state index in [0.29, 0.717) is 5.92 Å². The van der Waals surface area contributed by atoms with Gasteiger partial charge in [0.15, 0.2) is 0 Å². The van der Waals surface area contributed by atoms with Gasteiger partial charge in [0, 0.05) is 0 Å². The molecule has 1 atom stereocenters. The van der Waals surface area contributed by atoms with Crippen molar-refractivity contribution in [1.82, 2.24) is 5.32 Å². The average molecular weight is 177 g/mol. The van der Waals surface area contributed by atoms with Gasteiger partial charge in [0.1, 0.15) is 0 Å². The van der Waals surface area contributed by atoms with Crippen LogP contribution in [0.4, 0.5) is 0 Å². The number of benzene rings is 1. The van der Waals surface area contributed by atoms with Crippen molar-refractivity contribution in [3.63, 3.8) is 0 Å². The minimum atomic E-state index is 0.661. The van der Waals surface area contributed by atoms with Gasteiger partial charge in [0.05, 0.1) is 0 Å². The van der Waals surface area contributed by atoms with Crippen LogP contribution in [-0.2, 0) is 0 Å². The molecule has 0 amide bonds. The molecule has 0 unspecified atom stereocenters. The molecule has 0 aromatic heterocycles. The lowest BCUT2D eigenvalue weighted by Gasteiger charge is -2.13. The van der Waals surface area contributed by atoms with E-state index in [-0.39, 0.29) is 0 Å². The lowest BCUT2D eigenvalue weighted by Crippen LogP contribution is -2.11. The summed E-state index contributed by atoms with van der Waals surface area (Å²) in [6.45, 7) is 5.57. The van der Waals surface area contributed by atoms with Gasteiger partial charge in [-0.1, -0.05) is 31.2 Å². The van der Waals surface area contributed by atoms with Crippen molar-refractivity contribution in [2.24, 2.45) is 0 Å². The summed E-state index contributed by atoms with van der Waals surface area (Å²) in [5, 5.41) is 3.19. The fraction of sp³-hybridized carbons (Fsp3) is 0.500. The van der Waals surface area contributed by atoms with Crippen molar-refractivity contribution < 1.29 is 0 Å². The standard InChI is InChI=1S/C12H19N/c1-10-6-4-5-7-12(10)11(2)8-9-13-3/h4-7,11,13H,8-9H2,1-3H3/t11-/m1/s1. The normalized spacial score (nSPS) is 12.8. The maximum atomic E-state index is 3.19. The van der Waals surface area contributed by atoms with Gasteiger partial charge in [0.2, 0.25) is 0 Å². The molecular formula is C12H19N. The molecule has 1 heteroatoms. The first-order valence-electron chi connectivity index (χ1n) is 4.96. The number of hydrogen-bond donors (Lipinski definition) is 1. The topological polar surface area (TPSA) is 12.0 Å². The van der Waals surface area contributed by atoms with E-state index in [1.807, 2.05) is 7.05 Å². The highest BCUT2D eigenvalue weighted by molar-refractivity contribution is 5.28. The van der Waals surface area contributed by atoms with Crippen LogP contribution < -0.4 is 5.32 Å². The van der Waals surface area contributed by atoms with Crippen LogP contribution in [0.5, 0.6) is 0 Å². The first-order chi connectivity index (χ1) is 6.25. The smallest absolute Gasteiger partial charge is 0.00462 e. The third-order valence-corrected chi connectivity index (χ3v) is 2.55. The molecule has 0 saturated carbocycles. The molecule has 0 aliphatic heterocycles. The van der Waals surface area contributed by atoms with E-state index in [1.54, 1.807) is 0 Å². The zero-order valence-electron chi connectivity index (χ0n) is 8.80. The lowest BCUT2D eigenvalue weighted by molar-refractivity contribution is 0.634. The van der Waals surface area contributed by atoms with Gasteiger partial charge < -0.3 is 5.32 Å². The van der Waals surface area contributed by atoms with Crippen LogP contribution >= 0.6 is 0 Å². The number of hydrogen-bond acceptors (Lipinski definition) is 1. The molecule has 0 heterocycles. The summed E-state index contributed by atoms with van der Waals surface area (Å²) in [6.07, 6.45) is 1.21. The van der Waals surface area contributed by atoms with Crippen molar-refractivity contribution in [3.8, 4) is 0 Å². The Morgan fingerprint density at radius 3 is 2.62 bits per heavy atom. The zero-order chi connectivity index (χ0) is 9.68. The first-order valence-corrected chi connectivity index (χ1v) is 4.96. The molecule has 0 spiro atoms. The fourth-order valence-corrected chi connectivity index (χ4v) is 1.66. The third-order valence-electron chi connectivity index (χ3n) is 2.55. The van der Waals surface area contributed by atoms with Crippen molar-refractivity contribution in [2.45, 2.75) is 26.2 Å². The summed E-state index contributed by atoms with van der Waals surface area (Å²) >= 11 is 0. The second kappa shape index (κ2) is 5.03. The maximum absolute atomic E-state index is 3.19. The summed E-state index contributed by atoms with van der Waals surface area (Å²) in [5.41, 5.74) is 2.89. The Morgan fingerprint density at radius 2 is 2.00 bits per heavy atom. The highest BCUT2D eigenvalue weighted by Gasteiger charge is 2.06. The van der Waals surface area contributed by atoms with Gasteiger partial charge in [-0.2, -0.15) is 0 Å². The van der Waals surface area contributed by atoms with Gasteiger partial charge in [-0.25, -0.2) is 0 Å². The third kappa shape index (κ3) is 2.85. The van der Waals surface area contributed by atoms with Crippen molar-refractivity contribution in [2.75, 3.05) is 13.6 Å². The molecule has 1 rings (SSSR count). The van der Waals surface area contributed by atoms with Crippen LogP contribution in [0.1, 0.15) is 30.4 Å². The summed E-state index contributed by atoms with van der Waals surface area (Å²) in [6, 6.07) is 8.64. The molecule has 0 aliphatic carbocycles. The quantitative estimate of drug-likeness (QED) is 0.745. The Bertz CT molecular complexity index is 255. The Labute approximate surface area is 81.2 Å². The van der Waals surface area contributed by atoms with E-state index < -0.39 is 0 Å². The molecule has 0 fully saturated rings. The monoisotopic (exact) mass is 177 g/mol. The van der Waals surface area contributed by atoms with Crippen LogP contribution in [0.3, 0.4) is 0 Å². The molecule has 1 aromatic carbocycles. The second-order valence-corrected chi connectivity index (χ2v) is 3.65. The van der Waals surface area contributed by atoms with Crippen molar-refractivity contribution in [1.29, 1.82) is 0 Å². The van der Waals surface area contributed by atoms with E-state index in [1.165, 1.54) is 17.5 Å². The SMILES string of the molecule is CNCC[C@@H](C)c1ccccc1C. The highest BCUT2D eigenvalue weighted by Crippen LogP contribution is 2.21. The number of aryl methyl sites for hydroxylation is 1. The molecule has 1 N–H and O–H groups in total. The Hall–Kier alpha value is -0.820. The average Bonchev–Trinajstić information content (AvgIpc) is 2.15. The minimum Gasteiger partial charge on any atom is -0.320 e. The van der Waals surface area contributed by atoms with E-state index in [4.69, 9.17) is 0 Å². The molecule has 0 bridgehead atoms. The van der Waals surface area contributed by atoms with Crippen LogP contribution in [0.15, 0.2) is 24.3 Å². The lowest BCUT2D eigenvalue weighted by atomic mass is 9.94. The van der Waals surface area contributed by atoms with Crippen LogP contribution in [0, 0.1) is 6.92 Å². The van der Waals surface area contributed by atoms with E-state index in [0.717, 1.165) is 6.54 Å². The molecule has 1 aromatic rings. The van der Waals surface area contributed by atoms with Gasteiger partial charge >= 0.3 is 0 Å². The fourth-order valence-electron chi connectivity index (χ4n) is 1.66. The molecule has 13 heavy (non-hydrogen) atoms. The Balaban J connectivity index is 2.65. The van der Waals surface area contributed by atoms with E-state index in [9.17, 15) is 0 Å². The minimum absolute atomic E-state index is 0.661. The van der Waals surface area contributed by atoms with Gasteiger partial charge in [0.25, 0.3) is 0 Å². The predicted octanol–water partition coefficient (Wildman–Crippen LogP) is 2.71. The van der Waals surface area contributed by atoms with E-state index in [2.05, 4.69) is 43.4 Å². The van der Waals surface area contributed by atoms with Crippen molar-refractivity contribution in [3.05, 3.63) is 35.4 Å². The summed E-state index contributed by atoms with van der Waals surface area (Å²) in [7, 11) is 2.00. The maximum Gasteiger partial charge on any atom is -0.00462 e. The molecular weight excluding hydrogens is 158 g/mol. The Kier molecular flexibility index (Phi) is 3.97. The number of rotatable bonds is 4. The first kappa shape index (κ1) is 10.3. The summed E-state index contributed by atoms with van der Waals surface area (Å²) in [4.78, 5) is 0. The second-order valence-electron chi connectivity index (χ2n) is 3.65. The predicted molar refractivity (Wildman–Crippen MR) is 58.1 cm³/mol. The number of nitrogens with one attached hydrogen (secondary N) is 1.